The second-order valence-electron chi connectivity index (χ2n) is 8.51. The van der Waals surface area contributed by atoms with E-state index in [1.165, 1.54) is 11.1 Å². The topological polar surface area (TPSA) is 67.9 Å². The van der Waals surface area contributed by atoms with Crippen LogP contribution in [0.5, 0.6) is 0 Å². The lowest BCUT2D eigenvalue weighted by Crippen LogP contribution is -2.54. The van der Waals surface area contributed by atoms with Crippen molar-refractivity contribution in [3.05, 3.63) is 35.4 Å². The summed E-state index contributed by atoms with van der Waals surface area (Å²) < 4.78 is 10.8. The molecule has 2 aliphatic heterocycles. The Hall–Kier alpha value is -1.06. The van der Waals surface area contributed by atoms with Gasteiger partial charge in [0, 0.05) is 32.3 Å². The molecule has 1 aliphatic carbocycles. The Labute approximate surface area is 193 Å². The SMILES string of the molecule is COC(OC)[C@@H]1CSCN1C(=O)[C@H]1NCSC1C(=O)CC[C@H]1CCc2ccccc2C1. The smallest absolute Gasteiger partial charge is 0.242 e. The van der Waals surface area contributed by atoms with Crippen molar-refractivity contribution < 1.29 is 19.1 Å². The van der Waals surface area contributed by atoms with Crippen molar-refractivity contribution >= 4 is 35.2 Å². The highest BCUT2D eigenvalue weighted by Crippen LogP contribution is 2.32. The first-order chi connectivity index (χ1) is 15.1. The standard InChI is InChI=1S/C23H32N2O4S2/c1-28-23(29-2)18-12-30-14-25(18)22(27)20-21(31-13-24-20)19(26)10-8-15-7-9-16-5-3-4-6-17(16)11-15/h3-6,15,18,20-21,23-24H,7-14H2,1-2H3/t15-,18+,20+,21?/m1/s1. The van der Waals surface area contributed by atoms with Crippen LogP contribution in [-0.2, 0) is 31.9 Å². The molecule has 0 saturated carbocycles. The van der Waals surface area contributed by atoms with Gasteiger partial charge in [0.1, 0.15) is 11.8 Å². The summed E-state index contributed by atoms with van der Waals surface area (Å²) in [7, 11) is 3.19. The van der Waals surface area contributed by atoms with Crippen LogP contribution in [-0.4, -0.2) is 71.9 Å². The maximum absolute atomic E-state index is 13.3. The molecular formula is C23H32N2O4S2. The maximum Gasteiger partial charge on any atom is 0.242 e. The molecule has 0 radical (unpaired) electrons. The van der Waals surface area contributed by atoms with Gasteiger partial charge < -0.3 is 14.4 Å². The van der Waals surface area contributed by atoms with Crippen LogP contribution >= 0.6 is 23.5 Å². The summed E-state index contributed by atoms with van der Waals surface area (Å²) in [5.74, 6) is 2.76. The van der Waals surface area contributed by atoms with E-state index in [4.69, 9.17) is 9.47 Å². The second kappa shape index (κ2) is 10.7. The minimum Gasteiger partial charge on any atom is -0.354 e. The lowest BCUT2D eigenvalue weighted by molar-refractivity contribution is -0.157. The van der Waals surface area contributed by atoms with Crippen LogP contribution in [0.4, 0.5) is 0 Å². The molecule has 6 nitrogen and oxygen atoms in total. The Kier molecular flexibility index (Phi) is 7.98. The minimum atomic E-state index is -0.458. The number of hydrogen-bond acceptors (Lipinski definition) is 7. The van der Waals surface area contributed by atoms with Gasteiger partial charge in [-0.1, -0.05) is 24.3 Å². The molecule has 4 rings (SSSR count). The van der Waals surface area contributed by atoms with Gasteiger partial charge in [-0.2, -0.15) is 0 Å². The van der Waals surface area contributed by atoms with Crippen molar-refractivity contribution in [1.29, 1.82) is 0 Å². The van der Waals surface area contributed by atoms with Gasteiger partial charge in [-0.25, -0.2) is 0 Å². The van der Waals surface area contributed by atoms with E-state index in [-0.39, 0.29) is 23.0 Å². The number of fused-ring (bicyclic) bond motifs is 1. The highest BCUT2D eigenvalue weighted by molar-refractivity contribution is 8.01. The number of methoxy groups -OCH3 is 2. The summed E-state index contributed by atoms with van der Waals surface area (Å²) in [6.07, 6.45) is 4.31. The van der Waals surface area contributed by atoms with Gasteiger partial charge in [0.25, 0.3) is 0 Å². The fourth-order valence-electron chi connectivity index (χ4n) is 4.93. The van der Waals surface area contributed by atoms with Crippen molar-refractivity contribution in [3.63, 3.8) is 0 Å². The number of Topliss-reactive ketones (excluding diaryl/α,β-unsaturated/α-hetero) is 1. The Morgan fingerprint density at radius 1 is 1.23 bits per heavy atom. The van der Waals surface area contributed by atoms with Crippen LogP contribution in [0, 0.1) is 5.92 Å². The number of aryl methyl sites for hydroxylation is 1. The first-order valence-corrected chi connectivity index (χ1v) is 13.2. The van der Waals surface area contributed by atoms with E-state index in [1.807, 2.05) is 4.90 Å². The molecule has 4 atom stereocenters. The molecule has 0 aromatic heterocycles. The third kappa shape index (κ3) is 5.14. The number of carbonyl (C=O) groups is 2. The van der Waals surface area contributed by atoms with Crippen LogP contribution in [0.2, 0.25) is 0 Å². The monoisotopic (exact) mass is 464 g/mol. The molecule has 1 N–H and O–H groups in total. The highest BCUT2D eigenvalue weighted by Gasteiger charge is 2.44. The summed E-state index contributed by atoms with van der Waals surface area (Å²) in [4.78, 5) is 28.3. The first kappa shape index (κ1) is 23.1. The number of nitrogens with zero attached hydrogens (tertiary/aromatic N) is 1. The summed E-state index contributed by atoms with van der Waals surface area (Å²) in [5, 5.41) is 2.96. The summed E-state index contributed by atoms with van der Waals surface area (Å²) in [5.41, 5.74) is 2.88. The number of rotatable bonds is 8. The fraction of sp³-hybridized carbons (Fsp3) is 0.652. The predicted octanol–water partition coefficient (Wildman–Crippen LogP) is 2.69. The van der Waals surface area contributed by atoms with Crippen LogP contribution in [0.1, 0.15) is 30.4 Å². The fourth-order valence-corrected chi connectivity index (χ4v) is 7.30. The van der Waals surface area contributed by atoms with Crippen LogP contribution < -0.4 is 5.32 Å². The van der Waals surface area contributed by atoms with Crippen molar-refractivity contribution in [2.45, 2.75) is 55.7 Å². The summed E-state index contributed by atoms with van der Waals surface area (Å²) >= 11 is 3.26. The van der Waals surface area contributed by atoms with Crippen molar-refractivity contribution in [1.82, 2.24) is 10.2 Å². The molecule has 0 bridgehead atoms. The molecule has 1 unspecified atom stereocenters. The lowest BCUT2D eigenvalue weighted by Gasteiger charge is -2.31. The Morgan fingerprint density at radius 2 is 2.00 bits per heavy atom. The zero-order valence-electron chi connectivity index (χ0n) is 18.2. The number of ketones is 1. The normalized spacial score (nSPS) is 28.2. The number of thioether (sulfide) groups is 2. The van der Waals surface area contributed by atoms with E-state index in [1.54, 1.807) is 37.7 Å². The van der Waals surface area contributed by atoms with E-state index >= 15 is 0 Å². The molecule has 31 heavy (non-hydrogen) atoms. The molecule has 1 amide bonds. The summed E-state index contributed by atoms with van der Waals surface area (Å²) in [6, 6.07) is 8.06. The van der Waals surface area contributed by atoms with E-state index < -0.39 is 12.3 Å². The lowest BCUT2D eigenvalue weighted by atomic mass is 9.81. The first-order valence-electron chi connectivity index (χ1n) is 11.0. The zero-order valence-corrected chi connectivity index (χ0v) is 19.9. The summed E-state index contributed by atoms with van der Waals surface area (Å²) in [6.45, 7) is 0. The van der Waals surface area contributed by atoms with Crippen LogP contribution in [0.3, 0.4) is 0 Å². The Bertz CT molecular complexity index is 789. The van der Waals surface area contributed by atoms with E-state index in [0.717, 1.165) is 31.4 Å². The number of amides is 1. The minimum absolute atomic E-state index is 0.0101. The van der Waals surface area contributed by atoms with E-state index in [0.29, 0.717) is 24.1 Å². The number of benzene rings is 1. The second-order valence-corrected chi connectivity index (χ2v) is 10.6. The van der Waals surface area contributed by atoms with Gasteiger partial charge in [0.2, 0.25) is 5.91 Å². The molecule has 2 heterocycles. The molecule has 1 aromatic rings. The molecule has 0 spiro atoms. The van der Waals surface area contributed by atoms with Gasteiger partial charge >= 0.3 is 0 Å². The third-order valence-electron chi connectivity index (χ3n) is 6.68. The van der Waals surface area contributed by atoms with Gasteiger partial charge in [-0.15, -0.1) is 23.5 Å². The van der Waals surface area contributed by atoms with Gasteiger partial charge in [-0.05, 0) is 42.7 Å². The maximum atomic E-state index is 13.3. The Balaban J connectivity index is 1.34. The molecule has 8 heteroatoms. The quantitative estimate of drug-likeness (QED) is 0.593. The van der Waals surface area contributed by atoms with Crippen molar-refractivity contribution in [3.8, 4) is 0 Å². The molecule has 2 fully saturated rings. The largest absolute Gasteiger partial charge is 0.354 e. The highest BCUT2D eigenvalue weighted by atomic mass is 32.2. The van der Waals surface area contributed by atoms with Gasteiger partial charge in [-0.3, -0.25) is 14.9 Å². The molecular weight excluding hydrogens is 432 g/mol. The Morgan fingerprint density at radius 3 is 2.77 bits per heavy atom. The number of ether oxygens (including phenoxy) is 2. The molecule has 3 aliphatic rings. The third-order valence-corrected chi connectivity index (χ3v) is 8.95. The van der Waals surface area contributed by atoms with Crippen molar-refractivity contribution in [2.75, 3.05) is 31.7 Å². The van der Waals surface area contributed by atoms with E-state index in [2.05, 4.69) is 29.6 Å². The average molecular weight is 465 g/mol. The van der Waals surface area contributed by atoms with Gasteiger partial charge in [0.05, 0.1) is 17.2 Å². The number of nitrogens with one attached hydrogen (secondary N) is 1. The molecule has 2 saturated heterocycles. The van der Waals surface area contributed by atoms with Crippen molar-refractivity contribution in [2.24, 2.45) is 5.92 Å². The predicted molar refractivity (Wildman–Crippen MR) is 125 cm³/mol. The molecule has 170 valence electrons. The van der Waals surface area contributed by atoms with E-state index in [9.17, 15) is 9.59 Å². The van der Waals surface area contributed by atoms with Crippen LogP contribution in [0.15, 0.2) is 24.3 Å². The number of hydrogen-bond donors (Lipinski definition) is 1. The zero-order chi connectivity index (χ0) is 21.8. The van der Waals surface area contributed by atoms with Gasteiger partial charge in [0.15, 0.2) is 6.29 Å². The number of carbonyl (C=O) groups excluding carboxylic acids is 2. The van der Waals surface area contributed by atoms with Crippen LogP contribution in [0.25, 0.3) is 0 Å². The average Bonchev–Trinajstić information content (AvgIpc) is 3.48. The molecule has 1 aromatic carbocycles.